The Kier molecular flexibility index (Phi) is 3.94. The van der Waals surface area contributed by atoms with Crippen molar-refractivity contribution in [3.05, 3.63) is 34.5 Å². The van der Waals surface area contributed by atoms with Gasteiger partial charge in [-0.15, -0.1) is 0 Å². The first-order valence-electron chi connectivity index (χ1n) is 3.97. The topological polar surface area (TPSA) is 62.2 Å². The highest BCUT2D eigenvalue weighted by molar-refractivity contribution is 6.33. The predicted molar refractivity (Wildman–Crippen MR) is 59.7 cm³/mol. The first-order valence-corrected chi connectivity index (χ1v) is 4.73. The lowest BCUT2D eigenvalue weighted by molar-refractivity contribution is 0.0691. The highest BCUT2D eigenvalue weighted by atomic mass is 35.5. The summed E-state index contributed by atoms with van der Waals surface area (Å²) in [7, 11) is 0. The minimum Gasteiger partial charge on any atom is -0.476 e. The maximum absolute atomic E-state index is 10.7. The smallest absolute Gasteiger partial charge is 0.356 e. The normalized spacial score (nSPS) is 9.73. The van der Waals surface area contributed by atoms with Crippen molar-refractivity contribution in [3.8, 4) is 0 Å². The van der Waals surface area contributed by atoms with Crippen LogP contribution in [0.1, 0.15) is 10.5 Å². The fourth-order valence-corrected chi connectivity index (χ4v) is 1.13. The molecule has 0 atom stereocenters. The molecule has 0 saturated heterocycles. The first kappa shape index (κ1) is 11.8. The number of carbonyl (C=O) groups is 1. The summed E-state index contributed by atoms with van der Waals surface area (Å²) in [5, 5.41) is 12.1. The number of halogens is 2. The minimum atomic E-state index is -1.17. The van der Waals surface area contributed by atoms with Crippen LogP contribution in [0.25, 0.3) is 0 Å². The zero-order valence-electron chi connectivity index (χ0n) is 7.63. The summed E-state index contributed by atoms with van der Waals surface area (Å²) in [6.45, 7) is 3.79. The monoisotopic (exact) mass is 246 g/mol. The van der Waals surface area contributed by atoms with E-state index in [-0.39, 0.29) is 10.7 Å². The van der Waals surface area contributed by atoms with Crippen molar-refractivity contribution in [1.29, 1.82) is 0 Å². The summed E-state index contributed by atoms with van der Waals surface area (Å²) in [6.07, 6.45) is 0. The van der Waals surface area contributed by atoms with Crippen LogP contribution in [0.4, 0.5) is 5.82 Å². The van der Waals surface area contributed by atoms with Gasteiger partial charge in [-0.1, -0.05) is 29.8 Å². The molecule has 0 unspecified atom stereocenters. The number of carboxylic acids is 1. The maximum atomic E-state index is 10.7. The van der Waals surface area contributed by atoms with E-state index in [0.29, 0.717) is 17.4 Å². The lowest BCUT2D eigenvalue weighted by Gasteiger charge is -2.05. The molecule has 0 radical (unpaired) electrons. The molecule has 0 bridgehead atoms. The summed E-state index contributed by atoms with van der Waals surface area (Å²) >= 11 is 11.2. The molecule has 80 valence electrons. The van der Waals surface area contributed by atoms with Crippen LogP contribution in [-0.4, -0.2) is 22.6 Å². The Bertz CT molecular complexity index is 407. The minimum absolute atomic E-state index is 0.0951. The van der Waals surface area contributed by atoms with E-state index in [4.69, 9.17) is 28.3 Å². The molecule has 0 aliphatic carbocycles. The van der Waals surface area contributed by atoms with Gasteiger partial charge in [0.1, 0.15) is 5.82 Å². The van der Waals surface area contributed by atoms with Crippen molar-refractivity contribution in [2.24, 2.45) is 0 Å². The number of aromatic nitrogens is 1. The summed E-state index contributed by atoms with van der Waals surface area (Å²) in [6, 6.07) is 3.02. The summed E-state index contributed by atoms with van der Waals surface area (Å²) < 4.78 is 0. The SMILES string of the molecule is C=C(Cl)CNc1ccc(Cl)c(C(=O)O)n1. The molecule has 1 aromatic heterocycles. The molecule has 0 amide bonds. The van der Waals surface area contributed by atoms with E-state index in [9.17, 15) is 4.79 Å². The van der Waals surface area contributed by atoms with Crippen LogP contribution in [0.3, 0.4) is 0 Å². The molecule has 1 heterocycles. The van der Waals surface area contributed by atoms with Gasteiger partial charge in [0.25, 0.3) is 0 Å². The van der Waals surface area contributed by atoms with E-state index in [1.807, 2.05) is 0 Å². The largest absolute Gasteiger partial charge is 0.476 e. The predicted octanol–water partition coefficient (Wildman–Crippen LogP) is 2.60. The molecule has 0 fully saturated rings. The van der Waals surface area contributed by atoms with Gasteiger partial charge in [0.2, 0.25) is 0 Å². The zero-order valence-corrected chi connectivity index (χ0v) is 9.14. The Hall–Kier alpha value is -1.26. The number of anilines is 1. The van der Waals surface area contributed by atoms with Crippen LogP contribution in [-0.2, 0) is 0 Å². The first-order chi connectivity index (χ1) is 7.00. The molecular weight excluding hydrogens is 239 g/mol. The van der Waals surface area contributed by atoms with Crippen LogP contribution in [0, 0.1) is 0 Å². The Morgan fingerprint density at radius 1 is 1.60 bits per heavy atom. The van der Waals surface area contributed by atoms with Gasteiger partial charge in [-0.05, 0) is 12.1 Å². The van der Waals surface area contributed by atoms with Gasteiger partial charge in [-0.3, -0.25) is 0 Å². The van der Waals surface area contributed by atoms with Crippen molar-refractivity contribution in [1.82, 2.24) is 4.98 Å². The summed E-state index contributed by atoms with van der Waals surface area (Å²) in [4.78, 5) is 14.5. The molecule has 4 nitrogen and oxygen atoms in total. The number of hydrogen-bond donors (Lipinski definition) is 2. The van der Waals surface area contributed by atoms with Crippen LogP contribution in [0.5, 0.6) is 0 Å². The molecule has 15 heavy (non-hydrogen) atoms. The highest BCUT2D eigenvalue weighted by Crippen LogP contribution is 2.16. The van der Waals surface area contributed by atoms with E-state index in [1.165, 1.54) is 6.07 Å². The molecule has 1 aromatic rings. The number of pyridine rings is 1. The fourth-order valence-electron chi connectivity index (χ4n) is 0.877. The van der Waals surface area contributed by atoms with Crippen LogP contribution in [0.2, 0.25) is 5.02 Å². The average molecular weight is 247 g/mol. The Labute approximate surface area is 96.5 Å². The van der Waals surface area contributed by atoms with E-state index in [0.717, 1.165) is 0 Å². The third-order valence-electron chi connectivity index (χ3n) is 1.51. The third-order valence-corrected chi connectivity index (χ3v) is 1.95. The lowest BCUT2D eigenvalue weighted by Crippen LogP contribution is -2.07. The van der Waals surface area contributed by atoms with Crippen molar-refractivity contribution >= 4 is 35.0 Å². The van der Waals surface area contributed by atoms with Crippen LogP contribution < -0.4 is 5.32 Å². The maximum Gasteiger partial charge on any atom is 0.356 e. The zero-order chi connectivity index (χ0) is 11.4. The summed E-state index contributed by atoms with van der Waals surface area (Å²) in [5.41, 5.74) is -0.193. The van der Waals surface area contributed by atoms with E-state index in [2.05, 4.69) is 16.9 Å². The number of hydrogen-bond acceptors (Lipinski definition) is 3. The van der Waals surface area contributed by atoms with Crippen molar-refractivity contribution in [2.75, 3.05) is 11.9 Å². The third kappa shape index (κ3) is 3.42. The summed E-state index contributed by atoms with van der Waals surface area (Å²) in [5.74, 6) is -0.785. The van der Waals surface area contributed by atoms with Crippen LogP contribution >= 0.6 is 23.2 Å². The van der Waals surface area contributed by atoms with Crippen LogP contribution in [0.15, 0.2) is 23.7 Å². The molecule has 1 rings (SSSR count). The van der Waals surface area contributed by atoms with Gasteiger partial charge >= 0.3 is 5.97 Å². The van der Waals surface area contributed by atoms with Gasteiger partial charge in [0, 0.05) is 5.03 Å². The number of nitrogens with one attached hydrogen (secondary N) is 1. The molecule has 0 aliphatic heterocycles. The van der Waals surface area contributed by atoms with Gasteiger partial charge in [-0.2, -0.15) is 0 Å². The van der Waals surface area contributed by atoms with E-state index < -0.39 is 5.97 Å². The van der Waals surface area contributed by atoms with Crippen molar-refractivity contribution in [2.45, 2.75) is 0 Å². The van der Waals surface area contributed by atoms with Crippen molar-refractivity contribution < 1.29 is 9.90 Å². The van der Waals surface area contributed by atoms with Gasteiger partial charge in [0.15, 0.2) is 5.69 Å². The molecule has 2 N–H and O–H groups in total. The Balaban J connectivity index is 2.87. The second-order valence-electron chi connectivity index (χ2n) is 2.70. The average Bonchev–Trinajstić information content (AvgIpc) is 2.16. The second-order valence-corrected chi connectivity index (χ2v) is 3.64. The molecule has 0 saturated carbocycles. The standard InChI is InChI=1S/C9H8Cl2N2O2/c1-5(10)4-12-7-3-2-6(11)8(13-7)9(14)15/h2-3H,1,4H2,(H,12,13)(H,14,15). The molecular formula is C9H8Cl2N2O2. The van der Waals surface area contributed by atoms with Crippen molar-refractivity contribution in [3.63, 3.8) is 0 Å². The number of carboxylic acid groups (broad SMARTS) is 1. The molecule has 0 spiro atoms. The molecule has 0 aliphatic rings. The van der Waals surface area contributed by atoms with Gasteiger partial charge < -0.3 is 10.4 Å². The molecule has 0 aromatic carbocycles. The number of nitrogens with zero attached hydrogens (tertiary/aromatic N) is 1. The molecule has 6 heteroatoms. The Morgan fingerprint density at radius 3 is 2.80 bits per heavy atom. The van der Waals surface area contributed by atoms with Gasteiger partial charge in [0.05, 0.1) is 11.6 Å². The number of aromatic carboxylic acids is 1. The fraction of sp³-hybridized carbons (Fsp3) is 0.111. The van der Waals surface area contributed by atoms with E-state index in [1.54, 1.807) is 6.07 Å². The van der Waals surface area contributed by atoms with Gasteiger partial charge in [-0.25, -0.2) is 9.78 Å². The van der Waals surface area contributed by atoms with E-state index >= 15 is 0 Å². The quantitative estimate of drug-likeness (QED) is 0.858. The highest BCUT2D eigenvalue weighted by Gasteiger charge is 2.10. The second kappa shape index (κ2) is 5.00. The number of rotatable bonds is 4. The Morgan fingerprint density at radius 2 is 2.27 bits per heavy atom. The lowest BCUT2D eigenvalue weighted by atomic mass is 10.3.